The highest BCUT2D eigenvalue weighted by molar-refractivity contribution is 5.93. The van der Waals surface area contributed by atoms with Gasteiger partial charge in [0.15, 0.2) is 0 Å². The van der Waals surface area contributed by atoms with Crippen molar-refractivity contribution in [3.63, 3.8) is 0 Å². The van der Waals surface area contributed by atoms with Crippen LogP contribution in [0.4, 0.5) is 4.39 Å². The molecular formula is C11H9FO3. The Morgan fingerprint density at radius 3 is 2.87 bits per heavy atom. The average molecular weight is 208 g/mol. The third kappa shape index (κ3) is 1.58. The number of fused-ring (bicyclic) bond motifs is 1. The van der Waals surface area contributed by atoms with Crippen molar-refractivity contribution < 1.29 is 18.7 Å². The molecular weight excluding hydrogens is 199 g/mol. The van der Waals surface area contributed by atoms with Crippen LogP contribution in [0, 0.1) is 0 Å². The van der Waals surface area contributed by atoms with Crippen molar-refractivity contribution in [1.29, 1.82) is 0 Å². The Labute approximate surface area is 85.1 Å². The van der Waals surface area contributed by atoms with E-state index in [9.17, 15) is 9.18 Å². The highest BCUT2D eigenvalue weighted by Gasteiger charge is 2.13. The molecule has 15 heavy (non-hydrogen) atoms. The molecule has 0 aliphatic carbocycles. The van der Waals surface area contributed by atoms with Crippen molar-refractivity contribution in [2.45, 2.75) is 13.1 Å². The zero-order chi connectivity index (χ0) is 11.0. The van der Waals surface area contributed by atoms with Gasteiger partial charge in [-0.3, -0.25) is 0 Å². The molecule has 2 aromatic rings. The second-order valence-electron chi connectivity index (χ2n) is 3.32. The fourth-order valence-corrected chi connectivity index (χ4v) is 1.49. The minimum Gasteiger partial charge on any atom is -0.478 e. The van der Waals surface area contributed by atoms with Gasteiger partial charge in [-0.05, 0) is 25.1 Å². The first-order chi connectivity index (χ1) is 7.09. The molecule has 1 heterocycles. The van der Waals surface area contributed by atoms with Crippen molar-refractivity contribution in [2.24, 2.45) is 0 Å². The Kier molecular flexibility index (Phi) is 2.19. The first-order valence-electron chi connectivity index (χ1n) is 4.48. The molecule has 0 saturated heterocycles. The molecule has 0 amide bonds. The van der Waals surface area contributed by atoms with Gasteiger partial charge in [-0.2, -0.15) is 0 Å². The Morgan fingerprint density at radius 1 is 1.53 bits per heavy atom. The molecule has 1 aromatic heterocycles. The van der Waals surface area contributed by atoms with E-state index in [0.29, 0.717) is 16.5 Å². The average Bonchev–Trinajstić information content (AvgIpc) is 2.59. The molecule has 1 N–H and O–H groups in total. The number of carbonyl (C=O) groups is 1. The second kappa shape index (κ2) is 3.38. The predicted octanol–water partition coefficient (Wildman–Crippen LogP) is 3.16. The van der Waals surface area contributed by atoms with E-state index in [2.05, 4.69) is 0 Å². The molecule has 1 atom stereocenters. The van der Waals surface area contributed by atoms with Crippen LogP contribution in [-0.2, 0) is 0 Å². The molecule has 1 unspecified atom stereocenters. The lowest BCUT2D eigenvalue weighted by atomic mass is 10.1. The number of hydrogen-bond acceptors (Lipinski definition) is 2. The van der Waals surface area contributed by atoms with Crippen LogP contribution in [0.1, 0.15) is 29.0 Å². The van der Waals surface area contributed by atoms with Crippen LogP contribution in [0.5, 0.6) is 0 Å². The summed E-state index contributed by atoms with van der Waals surface area (Å²) in [6.45, 7) is 1.41. The van der Waals surface area contributed by atoms with Gasteiger partial charge < -0.3 is 9.52 Å². The van der Waals surface area contributed by atoms with Crippen LogP contribution in [0.25, 0.3) is 11.0 Å². The summed E-state index contributed by atoms with van der Waals surface area (Å²) in [6.07, 6.45) is 0.197. The van der Waals surface area contributed by atoms with Gasteiger partial charge in [-0.15, -0.1) is 0 Å². The topological polar surface area (TPSA) is 50.4 Å². The summed E-state index contributed by atoms with van der Waals surface area (Å²) in [4.78, 5) is 10.7. The number of hydrogen-bond donors (Lipinski definition) is 1. The normalized spacial score (nSPS) is 12.9. The molecule has 0 saturated carbocycles. The number of rotatable bonds is 2. The molecule has 1 aromatic carbocycles. The third-order valence-electron chi connectivity index (χ3n) is 2.28. The highest BCUT2D eigenvalue weighted by Crippen LogP contribution is 2.28. The monoisotopic (exact) mass is 208 g/mol. The largest absolute Gasteiger partial charge is 0.478 e. The molecule has 0 aliphatic rings. The summed E-state index contributed by atoms with van der Waals surface area (Å²) in [6, 6.07) is 4.39. The second-order valence-corrected chi connectivity index (χ2v) is 3.32. The first-order valence-corrected chi connectivity index (χ1v) is 4.48. The summed E-state index contributed by atoms with van der Waals surface area (Å²) in [5, 5.41) is 9.36. The molecule has 0 radical (unpaired) electrons. The van der Waals surface area contributed by atoms with E-state index in [4.69, 9.17) is 9.52 Å². The molecule has 2 rings (SSSR count). The van der Waals surface area contributed by atoms with Gasteiger partial charge in [0.05, 0.1) is 11.8 Å². The Bertz CT molecular complexity index is 514. The van der Waals surface area contributed by atoms with Gasteiger partial charge in [0.1, 0.15) is 11.8 Å². The number of halogens is 1. The summed E-state index contributed by atoms with van der Waals surface area (Å²) in [5.41, 5.74) is 0.978. The Balaban J connectivity index is 2.61. The zero-order valence-electron chi connectivity index (χ0n) is 8.03. The van der Waals surface area contributed by atoms with E-state index in [-0.39, 0.29) is 5.56 Å². The predicted molar refractivity (Wildman–Crippen MR) is 52.7 cm³/mol. The maximum Gasteiger partial charge on any atom is 0.335 e. The van der Waals surface area contributed by atoms with Gasteiger partial charge in [-0.25, -0.2) is 9.18 Å². The van der Waals surface area contributed by atoms with Gasteiger partial charge in [0.25, 0.3) is 0 Å². The maximum absolute atomic E-state index is 13.1. The Morgan fingerprint density at radius 2 is 2.27 bits per heavy atom. The van der Waals surface area contributed by atoms with Crippen LogP contribution in [-0.4, -0.2) is 11.1 Å². The van der Waals surface area contributed by atoms with Gasteiger partial charge in [0, 0.05) is 10.9 Å². The van der Waals surface area contributed by atoms with E-state index in [1.54, 1.807) is 6.07 Å². The minimum absolute atomic E-state index is 0.134. The number of furan rings is 1. The molecule has 78 valence electrons. The van der Waals surface area contributed by atoms with Crippen LogP contribution in [0.15, 0.2) is 28.9 Å². The maximum atomic E-state index is 13.1. The van der Waals surface area contributed by atoms with Gasteiger partial charge >= 0.3 is 5.97 Å². The lowest BCUT2D eigenvalue weighted by Gasteiger charge is -1.98. The number of aromatic carboxylic acids is 1. The number of alkyl halides is 1. The summed E-state index contributed by atoms with van der Waals surface area (Å²) >= 11 is 0. The lowest BCUT2D eigenvalue weighted by Crippen LogP contribution is -1.94. The van der Waals surface area contributed by atoms with E-state index in [1.165, 1.54) is 25.3 Å². The fraction of sp³-hybridized carbons (Fsp3) is 0.182. The van der Waals surface area contributed by atoms with Crippen molar-refractivity contribution in [1.82, 2.24) is 0 Å². The molecule has 4 heteroatoms. The minimum atomic E-state index is -1.12. The van der Waals surface area contributed by atoms with Gasteiger partial charge in [-0.1, -0.05) is 0 Å². The van der Waals surface area contributed by atoms with Crippen molar-refractivity contribution in [3.8, 4) is 0 Å². The summed E-state index contributed by atoms with van der Waals surface area (Å²) < 4.78 is 18.2. The zero-order valence-corrected chi connectivity index (χ0v) is 8.03. The highest BCUT2D eigenvalue weighted by atomic mass is 19.1. The third-order valence-corrected chi connectivity index (χ3v) is 2.28. The quantitative estimate of drug-likeness (QED) is 0.824. The SMILES string of the molecule is CC(F)c1coc2cc(C(=O)O)ccc12. The molecule has 0 fully saturated rings. The fourth-order valence-electron chi connectivity index (χ4n) is 1.49. The number of carboxylic acid groups (broad SMARTS) is 1. The van der Waals surface area contributed by atoms with Crippen molar-refractivity contribution >= 4 is 16.9 Å². The molecule has 0 aliphatic heterocycles. The van der Waals surface area contributed by atoms with Crippen molar-refractivity contribution in [3.05, 3.63) is 35.6 Å². The molecule has 3 nitrogen and oxygen atoms in total. The number of benzene rings is 1. The van der Waals surface area contributed by atoms with Crippen LogP contribution in [0.2, 0.25) is 0 Å². The number of carboxylic acids is 1. The van der Waals surface area contributed by atoms with Crippen molar-refractivity contribution in [2.75, 3.05) is 0 Å². The first kappa shape index (κ1) is 9.71. The van der Waals surface area contributed by atoms with E-state index < -0.39 is 12.1 Å². The molecule has 0 bridgehead atoms. The lowest BCUT2D eigenvalue weighted by molar-refractivity contribution is 0.0697. The van der Waals surface area contributed by atoms with E-state index >= 15 is 0 Å². The van der Waals surface area contributed by atoms with E-state index in [0.717, 1.165) is 0 Å². The van der Waals surface area contributed by atoms with Gasteiger partial charge in [0.2, 0.25) is 0 Å². The van der Waals surface area contributed by atoms with Crippen LogP contribution in [0.3, 0.4) is 0 Å². The Hall–Kier alpha value is -1.84. The summed E-state index contributed by atoms with van der Waals surface area (Å²) in [5.74, 6) is -1.02. The van der Waals surface area contributed by atoms with Crippen LogP contribution >= 0.6 is 0 Å². The molecule has 0 spiro atoms. The van der Waals surface area contributed by atoms with Crippen LogP contribution < -0.4 is 0 Å². The summed E-state index contributed by atoms with van der Waals surface area (Å²) in [7, 11) is 0. The smallest absolute Gasteiger partial charge is 0.335 e. The standard InChI is InChI=1S/C11H9FO3/c1-6(12)9-5-15-10-4-7(11(13)14)2-3-8(9)10/h2-6H,1H3,(H,13,14). The van der Waals surface area contributed by atoms with E-state index in [1.807, 2.05) is 0 Å².